The van der Waals surface area contributed by atoms with E-state index in [1.807, 2.05) is 24.7 Å². The third kappa shape index (κ3) is 3.05. The Morgan fingerprint density at radius 3 is 2.44 bits per heavy atom. The third-order valence-corrected chi connectivity index (χ3v) is 3.13. The second kappa shape index (κ2) is 5.74. The van der Waals surface area contributed by atoms with Crippen LogP contribution >= 0.6 is 0 Å². The molecule has 1 aromatic heterocycles. The van der Waals surface area contributed by atoms with Gasteiger partial charge in [0.1, 0.15) is 6.61 Å². The lowest BCUT2D eigenvalue weighted by Gasteiger charge is -2.30. The summed E-state index contributed by atoms with van der Waals surface area (Å²) < 4.78 is 7.83. The minimum atomic E-state index is 0.0958. The lowest BCUT2D eigenvalue weighted by molar-refractivity contribution is 0.118. The molecule has 2 rings (SSSR count). The second-order valence-electron chi connectivity index (χ2n) is 5.72. The SMILES string of the molecule is CC.CN(C)C1COc2c(C(C)(C)C)cnn2C1. The minimum absolute atomic E-state index is 0.0958. The molecule has 0 saturated carbocycles. The molecule has 0 radical (unpaired) electrons. The molecular weight excluding hydrogens is 226 g/mol. The van der Waals surface area contributed by atoms with Crippen molar-refractivity contribution in [1.29, 1.82) is 0 Å². The van der Waals surface area contributed by atoms with Gasteiger partial charge >= 0.3 is 0 Å². The fourth-order valence-electron chi connectivity index (χ4n) is 1.91. The molecule has 0 amide bonds. The van der Waals surface area contributed by atoms with Crippen LogP contribution in [0, 0.1) is 0 Å². The van der Waals surface area contributed by atoms with E-state index in [0.717, 1.165) is 19.0 Å². The monoisotopic (exact) mass is 253 g/mol. The summed E-state index contributed by atoms with van der Waals surface area (Å²) in [4.78, 5) is 2.18. The van der Waals surface area contributed by atoms with E-state index in [1.54, 1.807) is 0 Å². The summed E-state index contributed by atoms with van der Waals surface area (Å²) >= 11 is 0. The Morgan fingerprint density at radius 1 is 1.33 bits per heavy atom. The van der Waals surface area contributed by atoms with E-state index in [-0.39, 0.29) is 5.41 Å². The average Bonchev–Trinajstić information content (AvgIpc) is 2.73. The van der Waals surface area contributed by atoms with Gasteiger partial charge in [-0.05, 0) is 19.5 Å². The summed E-state index contributed by atoms with van der Waals surface area (Å²) in [5, 5.41) is 4.42. The van der Waals surface area contributed by atoms with Crippen LogP contribution in [0.2, 0.25) is 0 Å². The van der Waals surface area contributed by atoms with Crippen LogP contribution in [0.1, 0.15) is 40.2 Å². The number of ether oxygens (including phenoxy) is 1. The molecule has 4 heteroatoms. The maximum Gasteiger partial charge on any atom is 0.215 e. The Kier molecular flexibility index (Phi) is 4.79. The van der Waals surface area contributed by atoms with Crippen LogP contribution in [0.15, 0.2) is 6.20 Å². The molecule has 0 fully saturated rings. The van der Waals surface area contributed by atoms with Gasteiger partial charge in [-0.2, -0.15) is 5.10 Å². The number of hydrogen-bond donors (Lipinski definition) is 0. The van der Waals surface area contributed by atoms with Crippen molar-refractivity contribution >= 4 is 0 Å². The van der Waals surface area contributed by atoms with Gasteiger partial charge in [0.2, 0.25) is 5.88 Å². The molecular formula is C14H27N3O. The first-order chi connectivity index (χ1) is 8.39. The van der Waals surface area contributed by atoms with E-state index in [4.69, 9.17) is 4.74 Å². The Labute approximate surface area is 111 Å². The maximum absolute atomic E-state index is 5.85. The Morgan fingerprint density at radius 2 is 1.94 bits per heavy atom. The number of likely N-dealkylation sites (N-methyl/N-ethyl adjacent to an activating group) is 1. The molecule has 2 heterocycles. The van der Waals surface area contributed by atoms with Crippen LogP contribution in [0.3, 0.4) is 0 Å². The average molecular weight is 253 g/mol. The predicted molar refractivity (Wildman–Crippen MR) is 75.2 cm³/mol. The quantitative estimate of drug-likeness (QED) is 0.770. The van der Waals surface area contributed by atoms with Gasteiger partial charge in [0.25, 0.3) is 0 Å². The van der Waals surface area contributed by atoms with Gasteiger partial charge in [-0.1, -0.05) is 34.6 Å². The standard InChI is InChI=1S/C12H21N3O.C2H6/c1-12(2,3)10-6-13-15-7-9(14(4)5)8-16-11(10)15;1-2/h6,9H,7-8H2,1-5H3;1-2H3. The molecule has 1 aliphatic heterocycles. The normalized spacial score (nSPS) is 18.8. The summed E-state index contributed by atoms with van der Waals surface area (Å²) in [6.07, 6.45) is 1.94. The van der Waals surface area contributed by atoms with E-state index < -0.39 is 0 Å². The topological polar surface area (TPSA) is 30.3 Å². The van der Waals surface area contributed by atoms with E-state index in [0.29, 0.717) is 6.04 Å². The summed E-state index contributed by atoms with van der Waals surface area (Å²) in [5.74, 6) is 0.950. The largest absolute Gasteiger partial charge is 0.476 e. The predicted octanol–water partition coefficient (Wildman–Crippen LogP) is 2.53. The fraction of sp³-hybridized carbons (Fsp3) is 0.786. The molecule has 1 aliphatic rings. The van der Waals surface area contributed by atoms with Crippen molar-refractivity contribution in [2.45, 2.75) is 52.6 Å². The molecule has 1 atom stereocenters. The molecule has 104 valence electrons. The van der Waals surface area contributed by atoms with Gasteiger partial charge in [0.05, 0.1) is 18.8 Å². The van der Waals surface area contributed by atoms with Crippen LogP contribution in [0.4, 0.5) is 0 Å². The number of aromatic nitrogens is 2. The number of rotatable bonds is 1. The van der Waals surface area contributed by atoms with Gasteiger partial charge in [0.15, 0.2) is 0 Å². The van der Waals surface area contributed by atoms with E-state index in [9.17, 15) is 0 Å². The number of fused-ring (bicyclic) bond motifs is 1. The Bertz CT molecular complexity index is 377. The van der Waals surface area contributed by atoms with Gasteiger partial charge < -0.3 is 9.64 Å². The molecule has 0 aliphatic carbocycles. The molecule has 18 heavy (non-hydrogen) atoms. The molecule has 0 spiro atoms. The van der Waals surface area contributed by atoms with Crippen molar-refractivity contribution in [3.05, 3.63) is 11.8 Å². The Hall–Kier alpha value is -1.03. The molecule has 4 nitrogen and oxygen atoms in total. The van der Waals surface area contributed by atoms with Crippen molar-refractivity contribution in [3.8, 4) is 5.88 Å². The van der Waals surface area contributed by atoms with Gasteiger partial charge in [-0.3, -0.25) is 0 Å². The van der Waals surface area contributed by atoms with Crippen LogP contribution < -0.4 is 4.74 Å². The first kappa shape index (κ1) is 15.0. The van der Waals surface area contributed by atoms with Crippen molar-refractivity contribution in [2.24, 2.45) is 0 Å². The summed E-state index contributed by atoms with van der Waals surface area (Å²) in [6.45, 7) is 12.2. The zero-order valence-corrected chi connectivity index (χ0v) is 12.8. The van der Waals surface area contributed by atoms with Crippen molar-refractivity contribution in [2.75, 3.05) is 20.7 Å². The van der Waals surface area contributed by atoms with Gasteiger partial charge in [0, 0.05) is 5.56 Å². The lowest BCUT2D eigenvalue weighted by Crippen LogP contribution is -2.41. The number of nitrogens with zero attached hydrogens (tertiary/aromatic N) is 3. The number of hydrogen-bond acceptors (Lipinski definition) is 3. The second-order valence-corrected chi connectivity index (χ2v) is 5.72. The third-order valence-electron chi connectivity index (χ3n) is 3.13. The van der Waals surface area contributed by atoms with E-state index >= 15 is 0 Å². The highest BCUT2D eigenvalue weighted by Crippen LogP contribution is 2.33. The molecule has 0 N–H and O–H groups in total. The van der Waals surface area contributed by atoms with Crippen molar-refractivity contribution in [3.63, 3.8) is 0 Å². The first-order valence-corrected chi connectivity index (χ1v) is 6.75. The van der Waals surface area contributed by atoms with E-state index in [2.05, 4.69) is 44.9 Å². The van der Waals surface area contributed by atoms with Gasteiger partial charge in [-0.15, -0.1) is 0 Å². The maximum atomic E-state index is 5.85. The van der Waals surface area contributed by atoms with Crippen molar-refractivity contribution < 1.29 is 4.74 Å². The van der Waals surface area contributed by atoms with Crippen LogP contribution in [0.5, 0.6) is 5.88 Å². The molecule has 1 aromatic rings. The lowest BCUT2D eigenvalue weighted by atomic mass is 9.89. The highest BCUT2D eigenvalue weighted by molar-refractivity contribution is 5.32. The molecule has 0 bridgehead atoms. The van der Waals surface area contributed by atoms with Crippen LogP contribution in [0.25, 0.3) is 0 Å². The highest BCUT2D eigenvalue weighted by Gasteiger charge is 2.29. The Balaban J connectivity index is 0.000000771. The first-order valence-electron chi connectivity index (χ1n) is 6.75. The van der Waals surface area contributed by atoms with Crippen molar-refractivity contribution in [1.82, 2.24) is 14.7 Å². The van der Waals surface area contributed by atoms with Gasteiger partial charge in [-0.25, -0.2) is 4.68 Å². The van der Waals surface area contributed by atoms with Crippen LogP contribution in [-0.4, -0.2) is 41.4 Å². The van der Waals surface area contributed by atoms with E-state index in [1.165, 1.54) is 5.56 Å². The van der Waals surface area contributed by atoms with Crippen LogP contribution in [-0.2, 0) is 12.0 Å². The molecule has 0 aromatic carbocycles. The minimum Gasteiger partial charge on any atom is -0.476 e. The zero-order valence-electron chi connectivity index (χ0n) is 12.8. The summed E-state index contributed by atoms with van der Waals surface area (Å²) in [5.41, 5.74) is 1.29. The zero-order chi connectivity index (χ0) is 13.9. The summed E-state index contributed by atoms with van der Waals surface area (Å²) in [7, 11) is 4.15. The smallest absolute Gasteiger partial charge is 0.215 e. The molecule has 0 saturated heterocycles. The summed E-state index contributed by atoms with van der Waals surface area (Å²) in [6, 6.07) is 0.417. The molecule has 1 unspecified atom stereocenters. The highest BCUT2D eigenvalue weighted by atomic mass is 16.5. The fourth-order valence-corrected chi connectivity index (χ4v) is 1.91.